The Bertz CT molecular complexity index is 517. The van der Waals surface area contributed by atoms with Crippen molar-refractivity contribution in [2.24, 2.45) is 5.92 Å². The van der Waals surface area contributed by atoms with Crippen molar-refractivity contribution in [3.63, 3.8) is 0 Å². The quantitative estimate of drug-likeness (QED) is 0.811. The Hall–Kier alpha value is -1.40. The summed E-state index contributed by atoms with van der Waals surface area (Å²) in [6, 6.07) is 4.38. The van der Waals surface area contributed by atoms with Gasteiger partial charge in [0.15, 0.2) is 0 Å². The van der Waals surface area contributed by atoms with Crippen LogP contribution in [-0.4, -0.2) is 31.1 Å². The van der Waals surface area contributed by atoms with Crippen molar-refractivity contribution in [3.8, 4) is 0 Å². The minimum absolute atomic E-state index is 0.0314. The number of ether oxygens (including phenoxy) is 1. The van der Waals surface area contributed by atoms with Crippen LogP contribution in [0.25, 0.3) is 0 Å². The van der Waals surface area contributed by atoms with Crippen molar-refractivity contribution in [2.45, 2.75) is 43.8 Å². The lowest BCUT2D eigenvalue weighted by molar-refractivity contribution is -0.141. The lowest BCUT2D eigenvalue weighted by Gasteiger charge is -2.23. The van der Waals surface area contributed by atoms with Crippen LogP contribution in [0.2, 0.25) is 0 Å². The second-order valence-electron chi connectivity index (χ2n) is 5.75. The molecular weight excluding hydrogens is 288 g/mol. The smallest absolute Gasteiger partial charge is 0.307 e. The fourth-order valence-corrected chi connectivity index (χ4v) is 4.13. The van der Waals surface area contributed by atoms with Gasteiger partial charge in [-0.05, 0) is 30.7 Å². The number of methoxy groups -OCH3 is 1. The molecule has 0 radical (unpaired) electrons. The average molecular weight is 308 g/mol. The molecule has 0 aliphatic carbocycles. The van der Waals surface area contributed by atoms with Gasteiger partial charge in [-0.2, -0.15) is 0 Å². The standard InChI is InChI=1S/C15H20N2O3S/c1-20-14(18)8-12(13-3-2-6-21-13)17-15(19)10-7-9-4-5-11(10)16-9/h2-3,6,9-12,16H,4-5,7-8H2,1H3,(H,17,19). The molecule has 3 rings (SSSR count). The predicted octanol–water partition coefficient (Wildman–Crippen LogP) is 1.61. The van der Waals surface area contributed by atoms with Crippen LogP contribution in [0.3, 0.4) is 0 Å². The molecule has 4 atom stereocenters. The van der Waals surface area contributed by atoms with E-state index < -0.39 is 0 Å². The van der Waals surface area contributed by atoms with Crippen LogP contribution in [0.4, 0.5) is 0 Å². The van der Waals surface area contributed by atoms with Gasteiger partial charge in [0.25, 0.3) is 0 Å². The number of nitrogens with one attached hydrogen (secondary N) is 2. The number of hydrogen-bond acceptors (Lipinski definition) is 5. The lowest BCUT2D eigenvalue weighted by Crippen LogP contribution is -2.39. The van der Waals surface area contributed by atoms with Crippen molar-refractivity contribution in [1.82, 2.24) is 10.6 Å². The van der Waals surface area contributed by atoms with Crippen LogP contribution < -0.4 is 10.6 Å². The first-order valence-electron chi connectivity index (χ1n) is 7.34. The molecule has 2 bridgehead atoms. The zero-order chi connectivity index (χ0) is 14.8. The van der Waals surface area contributed by atoms with Gasteiger partial charge in [0.05, 0.1) is 25.5 Å². The van der Waals surface area contributed by atoms with E-state index in [1.54, 1.807) is 11.3 Å². The first-order valence-corrected chi connectivity index (χ1v) is 8.22. The van der Waals surface area contributed by atoms with E-state index in [9.17, 15) is 9.59 Å². The van der Waals surface area contributed by atoms with E-state index in [-0.39, 0.29) is 30.3 Å². The average Bonchev–Trinajstić information content (AvgIpc) is 3.22. The fraction of sp³-hybridized carbons (Fsp3) is 0.600. The summed E-state index contributed by atoms with van der Waals surface area (Å²) in [5.41, 5.74) is 0. The molecule has 2 N–H and O–H groups in total. The molecule has 2 fully saturated rings. The summed E-state index contributed by atoms with van der Waals surface area (Å²) < 4.78 is 4.74. The van der Waals surface area contributed by atoms with Gasteiger partial charge in [0, 0.05) is 17.0 Å². The molecule has 6 heteroatoms. The zero-order valence-corrected chi connectivity index (χ0v) is 12.8. The Morgan fingerprint density at radius 1 is 1.52 bits per heavy atom. The Morgan fingerprint density at radius 3 is 2.95 bits per heavy atom. The summed E-state index contributed by atoms with van der Waals surface area (Å²) >= 11 is 1.55. The number of thiophene rings is 1. The van der Waals surface area contributed by atoms with Gasteiger partial charge in [-0.25, -0.2) is 0 Å². The highest BCUT2D eigenvalue weighted by atomic mass is 32.1. The molecule has 0 aromatic carbocycles. The molecule has 1 aromatic heterocycles. The summed E-state index contributed by atoms with van der Waals surface area (Å²) in [5, 5.41) is 8.46. The molecule has 4 unspecified atom stereocenters. The molecule has 0 spiro atoms. The highest BCUT2D eigenvalue weighted by Crippen LogP contribution is 2.34. The summed E-state index contributed by atoms with van der Waals surface area (Å²) in [6.07, 6.45) is 3.33. The van der Waals surface area contributed by atoms with Crippen LogP contribution in [0, 0.1) is 5.92 Å². The van der Waals surface area contributed by atoms with E-state index in [2.05, 4.69) is 10.6 Å². The van der Waals surface area contributed by atoms with Gasteiger partial charge in [-0.3, -0.25) is 9.59 Å². The number of carbonyl (C=O) groups excluding carboxylic acids is 2. The largest absolute Gasteiger partial charge is 0.469 e. The molecule has 5 nitrogen and oxygen atoms in total. The maximum Gasteiger partial charge on any atom is 0.307 e. The van der Waals surface area contributed by atoms with E-state index in [1.807, 2.05) is 17.5 Å². The molecule has 1 amide bonds. The van der Waals surface area contributed by atoms with Crippen LogP contribution in [0.5, 0.6) is 0 Å². The van der Waals surface area contributed by atoms with Gasteiger partial charge in [-0.15, -0.1) is 11.3 Å². The van der Waals surface area contributed by atoms with E-state index in [4.69, 9.17) is 4.74 Å². The number of fused-ring (bicyclic) bond motifs is 2. The number of carbonyl (C=O) groups is 2. The van der Waals surface area contributed by atoms with E-state index >= 15 is 0 Å². The topological polar surface area (TPSA) is 67.4 Å². The molecule has 3 heterocycles. The van der Waals surface area contributed by atoms with Crippen molar-refractivity contribution in [2.75, 3.05) is 7.11 Å². The lowest BCUT2D eigenvalue weighted by atomic mass is 9.88. The Balaban J connectivity index is 1.66. The highest BCUT2D eigenvalue weighted by Gasteiger charge is 2.43. The Labute approximate surface area is 128 Å². The van der Waals surface area contributed by atoms with Gasteiger partial charge < -0.3 is 15.4 Å². The van der Waals surface area contributed by atoms with Crippen molar-refractivity contribution in [1.29, 1.82) is 0 Å². The first-order chi connectivity index (χ1) is 10.2. The summed E-state index contributed by atoms with van der Waals surface area (Å²) in [5.74, 6) is -0.222. The van der Waals surface area contributed by atoms with Gasteiger partial charge in [-0.1, -0.05) is 6.07 Å². The Kier molecular flexibility index (Phi) is 4.26. The highest BCUT2D eigenvalue weighted by molar-refractivity contribution is 7.10. The number of rotatable bonds is 5. The van der Waals surface area contributed by atoms with Crippen molar-refractivity contribution >= 4 is 23.2 Å². The third-order valence-electron chi connectivity index (χ3n) is 4.44. The predicted molar refractivity (Wildman–Crippen MR) is 79.9 cm³/mol. The van der Waals surface area contributed by atoms with E-state index in [1.165, 1.54) is 13.5 Å². The number of amides is 1. The molecular formula is C15H20N2O3S. The van der Waals surface area contributed by atoms with Crippen LogP contribution in [-0.2, 0) is 14.3 Å². The molecule has 2 aliphatic rings. The fourth-order valence-electron chi connectivity index (χ4n) is 3.36. The first kappa shape index (κ1) is 14.5. The molecule has 114 valence electrons. The minimum atomic E-state index is -0.306. The third kappa shape index (κ3) is 3.11. The van der Waals surface area contributed by atoms with Crippen LogP contribution in [0.1, 0.15) is 36.6 Å². The monoisotopic (exact) mass is 308 g/mol. The second-order valence-corrected chi connectivity index (χ2v) is 6.73. The SMILES string of the molecule is COC(=O)CC(NC(=O)C1CC2CCC1N2)c1cccs1. The van der Waals surface area contributed by atoms with Crippen LogP contribution in [0.15, 0.2) is 17.5 Å². The van der Waals surface area contributed by atoms with Gasteiger partial charge in [0.2, 0.25) is 5.91 Å². The number of hydrogen-bond donors (Lipinski definition) is 2. The maximum absolute atomic E-state index is 12.5. The summed E-state index contributed by atoms with van der Waals surface area (Å²) in [4.78, 5) is 25.1. The summed E-state index contributed by atoms with van der Waals surface area (Å²) in [6.45, 7) is 0. The second kappa shape index (κ2) is 6.15. The van der Waals surface area contributed by atoms with E-state index in [0.717, 1.165) is 17.7 Å². The van der Waals surface area contributed by atoms with Gasteiger partial charge >= 0.3 is 5.97 Å². The maximum atomic E-state index is 12.5. The van der Waals surface area contributed by atoms with Gasteiger partial charge in [0.1, 0.15) is 0 Å². The molecule has 1 aromatic rings. The van der Waals surface area contributed by atoms with Crippen molar-refractivity contribution in [3.05, 3.63) is 22.4 Å². The molecule has 2 saturated heterocycles. The van der Waals surface area contributed by atoms with Crippen LogP contribution >= 0.6 is 11.3 Å². The number of esters is 1. The summed E-state index contributed by atoms with van der Waals surface area (Å²) in [7, 11) is 1.37. The molecule has 2 aliphatic heterocycles. The van der Waals surface area contributed by atoms with Crippen molar-refractivity contribution < 1.29 is 14.3 Å². The minimum Gasteiger partial charge on any atom is -0.469 e. The molecule has 21 heavy (non-hydrogen) atoms. The third-order valence-corrected chi connectivity index (χ3v) is 5.42. The molecule has 0 saturated carbocycles. The Morgan fingerprint density at radius 2 is 2.38 bits per heavy atom. The normalized spacial score (nSPS) is 28.3. The zero-order valence-electron chi connectivity index (χ0n) is 12.0. The van der Waals surface area contributed by atoms with E-state index in [0.29, 0.717) is 12.1 Å².